The summed E-state index contributed by atoms with van der Waals surface area (Å²) in [5.41, 5.74) is 0.454. The van der Waals surface area contributed by atoms with E-state index in [1.165, 1.54) is 4.90 Å². The van der Waals surface area contributed by atoms with Gasteiger partial charge in [-0.25, -0.2) is 12.8 Å². The summed E-state index contributed by atoms with van der Waals surface area (Å²) in [7, 11) is 1.15. The van der Waals surface area contributed by atoms with Crippen LogP contribution in [0.15, 0.2) is 35.2 Å². The highest BCUT2D eigenvalue weighted by Crippen LogP contribution is 2.22. The quantitative estimate of drug-likeness (QED) is 0.619. The molecule has 4 nitrogen and oxygen atoms in total. The Labute approximate surface area is 122 Å². The molecule has 0 fully saturated rings. The van der Waals surface area contributed by atoms with Crippen molar-refractivity contribution < 1.29 is 17.6 Å². The van der Waals surface area contributed by atoms with Gasteiger partial charge < -0.3 is 4.90 Å². The van der Waals surface area contributed by atoms with Crippen molar-refractivity contribution in [3.05, 3.63) is 41.7 Å². The van der Waals surface area contributed by atoms with Crippen molar-refractivity contribution in [2.75, 3.05) is 13.1 Å². The van der Waals surface area contributed by atoms with Gasteiger partial charge >= 0.3 is 0 Å². The van der Waals surface area contributed by atoms with Crippen LogP contribution in [0.4, 0.5) is 4.39 Å². The van der Waals surface area contributed by atoms with Crippen LogP contribution in [-0.2, 0) is 9.05 Å². The average Bonchev–Trinajstić information content (AvgIpc) is 2.33. The zero-order valence-electron chi connectivity index (χ0n) is 11.2. The average molecular weight is 320 g/mol. The highest BCUT2D eigenvalue weighted by molar-refractivity contribution is 8.13. The Hall–Kier alpha value is -1.40. The predicted molar refractivity (Wildman–Crippen MR) is 75.8 cm³/mol. The first-order chi connectivity index (χ1) is 9.16. The highest BCUT2D eigenvalue weighted by Gasteiger charge is 2.24. The Morgan fingerprint density at radius 2 is 2.05 bits per heavy atom. The molecule has 0 radical (unpaired) electrons. The van der Waals surface area contributed by atoms with Gasteiger partial charge in [-0.05, 0) is 32.0 Å². The molecule has 7 heteroatoms. The van der Waals surface area contributed by atoms with Gasteiger partial charge in [-0.3, -0.25) is 4.79 Å². The molecule has 0 aliphatic carbocycles. The lowest BCUT2D eigenvalue weighted by Gasteiger charge is -2.22. The summed E-state index contributed by atoms with van der Waals surface area (Å²) in [4.78, 5) is 13.3. The summed E-state index contributed by atoms with van der Waals surface area (Å²) in [5.74, 6) is -1.31. The predicted octanol–water partition coefficient (Wildman–Crippen LogP) is 2.79. The zero-order chi connectivity index (χ0) is 15.5. The third-order valence-electron chi connectivity index (χ3n) is 2.56. The van der Waals surface area contributed by atoms with Crippen LogP contribution in [0.5, 0.6) is 0 Å². The maximum atomic E-state index is 13.3. The molecule has 0 bridgehead atoms. The Morgan fingerprint density at radius 3 is 2.50 bits per heavy atom. The number of hydrogen-bond donors (Lipinski definition) is 0. The van der Waals surface area contributed by atoms with Crippen LogP contribution < -0.4 is 0 Å². The lowest BCUT2D eigenvalue weighted by molar-refractivity contribution is 0.0774. The van der Waals surface area contributed by atoms with Crippen molar-refractivity contribution in [1.82, 2.24) is 4.90 Å². The molecule has 1 aromatic rings. The van der Waals surface area contributed by atoms with Crippen molar-refractivity contribution in [1.29, 1.82) is 0 Å². The van der Waals surface area contributed by atoms with Gasteiger partial charge in [0.25, 0.3) is 15.0 Å². The van der Waals surface area contributed by atoms with Crippen molar-refractivity contribution in [3.8, 4) is 0 Å². The van der Waals surface area contributed by atoms with Gasteiger partial charge in [0.05, 0.1) is 10.5 Å². The SMILES string of the molecule is C=C(C)CN(CC)C(=O)c1cc(F)ccc1S(=O)(=O)Cl. The number of amides is 1. The molecule has 0 saturated carbocycles. The first-order valence-corrected chi connectivity index (χ1v) is 8.15. The number of nitrogens with zero attached hydrogens (tertiary/aromatic N) is 1. The van der Waals surface area contributed by atoms with Crippen molar-refractivity contribution in [3.63, 3.8) is 0 Å². The van der Waals surface area contributed by atoms with Gasteiger partial charge in [0.2, 0.25) is 0 Å². The minimum atomic E-state index is -4.13. The molecule has 0 aromatic heterocycles. The van der Waals surface area contributed by atoms with E-state index in [1.807, 2.05) is 0 Å². The molecule has 1 rings (SSSR count). The molecule has 0 atom stereocenters. The topological polar surface area (TPSA) is 54.5 Å². The number of carbonyl (C=O) groups excluding carboxylic acids is 1. The Kier molecular flexibility index (Phi) is 5.30. The van der Waals surface area contributed by atoms with Gasteiger partial charge in [0.15, 0.2) is 0 Å². The molecule has 0 unspecified atom stereocenters. The van der Waals surface area contributed by atoms with E-state index in [2.05, 4.69) is 6.58 Å². The standard InChI is InChI=1S/C13H15ClFNO3S/c1-4-16(8-9(2)3)13(17)11-7-10(15)5-6-12(11)20(14,18)19/h5-7H,2,4,8H2,1,3H3. The van der Waals surface area contributed by atoms with Crippen molar-refractivity contribution >= 4 is 25.6 Å². The van der Waals surface area contributed by atoms with Crippen LogP contribution in [0, 0.1) is 5.82 Å². The van der Waals surface area contributed by atoms with E-state index in [1.54, 1.807) is 13.8 Å². The molecule has 1 amide bonds. The van der Waals surface area contributed by atoms with Gasteiger partial charge in [0.1, 0.15) is 5.82 Å². The maximum absolute atomic E-state index is 13.3. The van der Waals surface area contributed by atoms with E-state index in [9.17, 15) is 17.6 Å². The summed E-state index contributed by atoms with van der Waals surface area (Å²) < 4.78 is 36.2. The Bertz CT molecular complexity index is 643. The molecular weight excluding hydrogens is 305 g/mol. The van der Waals surface area contributed by atoms with Gasteiger partial charge in [-0.1, -0.05) is 12.2 Å². The third-order valence-corrected chi connectivity index (χ3v) is 3.94. The van der Waals surface area contributed by atoms with E-state index in [4.69, 9.17) is 10.7 Å². The molecular formula is C13H15ClFNO3S. The van der Waals surface area contributed by atoms with Crippen molar-refractivity contribution in [2.45, 2.75) is 18.7 Å². The van der Waals surface area contributed by atoms with E-state index >= 15 is 0 Å². The number of rotatable bonds is 5. The fourth-order valence-corrected chi connectivity index (χ4v) is 2.75. The minimum absolute atomic E-state index is 0.258. The second-order valence-electron chi connectivity index (χ2n) is 4.35. The summed E-state index contributed by atoms with van der Waals surface area (Å²) in [6.07, 6.45) is 0. The first kappa shape index (κ1) is 16.7. The summed E-state index contributed by atoms with van der Waals surface area (Å²) in [6, 6.07) is 2.80. The molecule has 20 heavy (non-hydrogen) atoms. The second-order valence-corrected chi connectivity index (χ2v) is 6.89. The second kappa shape index (κ2) is 6.37. The Balaban J connectivity index is 3.33. The lowest BCUT2D eigenvalue weighted by Crippen LogP contribution is -2.33. The first-order valence-electron chi connectivity index (χ1n) is 5.84. The molecule has 0 spiro atoms. The number of hydrogen-bond acceptors (Lipinski definition) is 3. The zero-order valence-corrected chi connectivity index (χ0v) is 12.8. The normalized spacial score (nSPS) is 11.2. The fraction of sp³-hybridized carbons (Fsp3) is 0.308. The summed E-state index contributed by atoms with van der Waals surface area (Å²) in [5, 5.41) is 0. The van der Waals surface area contributed by atoms with E-state index in [0.717, 1.165) is 23.8 Å². The summed E-state index contributed by atoms with van der Waals surface area (Å²) >= 11 is 0. The monoisotopic (exact) mass is 319 g/mol. The minimum Gasteiger partial charge on any atom is -0.335 e. The third kappa shape index (κ3) is 4.05. The van der Waals surface area contributed by atoms with Gasteiger partial charge in [0, 0.05) is 23.8 Å². The highest BCUT2D eigenvalue weighted by atomic mass is 35.7. The van der Waals surface area contributed by atoms with Crippen LogP contribution in [0.2, 0.25) is 0 Å². The molecule has 1 aromatic carbocycles. The molecule has 110 valence electrons. The van der Waals surface area contributed by atoms with Crippen LogP contribution in [0.1, 0.15) is 24.2 Å². The number of carbonyl (C=O) groups is 1. The van der Waals surface area contributed by atoms with Crippen molar-refractivity contribution in [2.24, 2.45) is 0 Å². The van der Waals surface area contributed by atoms with E-state index in [-0.39, 0.29) is 12.1 Å². The van der Waals surface area contributed by atoms with Crippen LogP contribution >= 0.6 is 10.7 Å². The largest absolute Gasteiger partial charge is 0.335 e. The number of halogens is 2. The van der Waals surface area contributed by atoms with Crippen LogP contribution in [0.25, 0.3) is 0 Å². The molecule has 0 aliphatic heterocycles. The smallest absolute Gasteiger partial charge is 0.262 e. The number of likely N-dealkylation sites (N-methyl/N-ethyl adjacent to an activating group) is 1. The molecule has 0 heterocycles. The number of benzene rings is 1. The fourth-order valence-electron chi connectivity index (χ4n) is 1.71. The maximum Gasteiger partial charge on any atom is 0.262 e. The molecule has 0 N–H and O–H groups in total. The summed E-state index contributed by atoms with van der Waals surface area (Å²) in [6.45, 7) is 7.76. The van der Waals surface area contributed by atoms with E-state index < -0.39 is 25.7 Å². The lowest BCUT2D eigenvalue weighted by atomic mass is 10.1. The molecule has 0 saturated heterocycles. The van der Waals surface area contributed by atoms with E-state index in [0.29, 0.717) is 6.54 Å². The van der Waals surface area contributed by atoms with Crippen LogP contribution in [0.3, 0.4) is 0 Å². The van der Waals surface area contributed by atoms with Gasteiger partial charge in [-0.2, -0.15) is 0 Å². The van der Waals surface area contributed by atoms with Crippen LogP contribution in [-0.4, -0.2) is 32.3 Å². The Morgan fingerprint density at radius 1 is 1.45 bits per heavy atom. The van der Waals surface area contributed by atoms with Gasteiger partial charge in [-0.15, -0.1) is 0 Å². The molecule has 0 aliphatic rings.